The van der Waals surface area contributed by atoms with Crippen molar-refractivity contribution in [2.45, 2.75) is 46.2 Å². The fourth-order valence-corrected chi connectivity index (χ4v) is 2.76. The zero-order valence-corrected chi connectivity index (χ0v) is 13.6. The number of ether oxygens (including phenoxy) is 1. The Labute approximate surface area is 127 Å². The second kappa shape index (κ2) is 6.81. The molecule has 0 spiro atoms. The van der Waals surface area contributed by atoms with E-state index in [2.05, 4.69) is 37.4 Å². The van der Waals surface area contributed by atoms with Crippen LogP contribution in [0.15, 0.2) is 34.7 Å². The van der Waals surface area contributed by atoms with E-state index in [0.717, 1.165) is 23.7 Å². The number of nitrogens with one attached hydrogen (secondary N) is 1. The van der Waals surface area contributed by atoms with Gasteiger partial charge in [-0.2, -0.15) is 0 Å². The summed E-state index contributed by atoms with van der Waals surface area (Å²) in [5.74, 6) is 2.86. The molecule has 2 unspecified atom stereocenters. The predicted octanol–water partition coefficient (Wildman–Crippen LogP) is 4.71. The Kier molecular flexibility index (Phi) is 5.07. The van der Waals surface area contributed by atoms with E-state index < -0.39 is 0 Å². The highest BCUT2D eigenvalue weighted by Gasteiger charge is 2.17. The molecule has 21 heavy (non-hydrogen) atoms. The Morgan fingerprint density at radius 3 is 2.33 bits per heavy atom. The summed E-state index contributed by atoms with van der Waals surface area (Å²) in [7, 11) is 1.69. The van der Waals surface area contributed by atoms with Crippen molar-refractivity contribution >= 4 is 0 Å². The Bertz CT molecular complexity index is 571. The summed E-state index contributed by atoms with van der Waals surface area (Å²) in [6.45, 7) is 8.39. The lowest BCUT2D eigenvalue weighted by molar-refractivity contribution is 0.413. The van der Waals surface area contributed by atoms with E-state index in [0.29, 0.717) is 6.04 Å². The summed E-state index contributed by atoms with van der Waals surface area (Å²) >= 11 is 0. The van der Waals surface area contributed by atoms with Crippen LogP contribution < -0.4 is 10.1 Å². The Morgan fingerprint density at radius 1 is 1.19 bits per heavy atom. The van der Waals surface area contributed by atoms with Crippen LogP contribution in [-0.2, 0) is 0 Å². The van der Waals surface area contributed by atoms with Crippen molar-refractivity contribution in [3.8, 4) is 5.75 Å². The zero-order chi connectivity index (χ0) is 15.4. The molecule has 0 fully saturated rings. The molecular weight excluding hydrogens is 262 g/mol. The molecule has 0 amide bonds. The Morgan fingerprint density at radius 2 is 1.86 bits per heavy atom. The SMILES string of the molecule is CCC(NC(C)c1cc(C)oc1C)c1ccc(OC)cc1. The van der Waals surface area contributed by atoms with Crippen molar-refractivity contribution in [2.24, 2.45) is 0 Å². The summed E-state index contributed by atoms with van der Waals surface area (Å²) in [6.07, 6.45) is 1.03. The number of rotatable bonds is 6. The third kappa shape index (κ3) is 3.67. The van der Waals surface area contributed by atoms with Gasteiger partial charge >= 0.3 is 0 Å². The van der Waals surface area contributed by atoms with E-state index >= 15 is 0 Å². The lowest BCUT2D eigenvalue weighted by Gasteiger charge is -2.22. The molecule has 2 atom stereocenters. The molecule has 0 bridgehead atoms. The van der Waals surface area contributed by atoms with Crippen LogP contribution in [0.25, 0.3) is 0 Å². The molecule has 0 radical (unpaired) electrons. The van der Waals surface area contributed by atoms with E-state index in [1.165, 1.54) is 11.1 Å². The van der Waals surface area contributed by atoms with Crippen LogP contribution >= 0.6 is 0 Å². The highest BCUT2D eigenvalue weighted by Crippen LogP contribution is 2.26. The van der Waals surface area contributed by atoms with Gasteiger partial charge in [-0.3, -0.25) is 0 Å². The van der Waals surface area contributed by atoms with Gasteiger partial charge in [-0.15, -0.1) is 0 Å². The zero-order valence-electron chi connectivity index (χ0n) is 13.6. The van der Waals surface area contributed by atoms with Crippen LogP contribution in [0.2, 0.25) is 0 Å². The first-order valence-electron chi connectivity index (χ1n) is 7.52. The first-order chi connectivity index (χ1) is 10.0. The highest BCUT2D eigenvalue weighted by molar-refractivity contribution is 5.30. The molecule has 2 aromatic rings. The number of furan rings is 1. The lowest BCUT2D eigenvalue weighted by atomic mass is 10.0. The number of hydrogen-bond donors (Lipinski definition) is 1. The molecular formula is C18H25NO2. The van der Waals surface area contributed by atoms with E-state index in [1.54, 1.807) is 7.11 Å². The molecule has 1 aromatic heterocycles. The van der Waals surface area contributed by atoms with Crippen LogP contribution in [-0.4, -0.2) is 7.11 Å². The van der Waals surface area contributed by atoms with Gasteiger partial charge in [0, 0.05) is 17.6 Å². The van der Waals surface area contributed by atoms with Crippen LogP contribution in [0.1, 0.15) is 55.0 Å². The van der Waals surface area contributed by atoms with Crippen molar-refractivity contribution in [1.82, 2.24) is 5.32 Å². The fourth-order valence-electron chi connectivity index (χ4n) is 2.76. The third-order valence-corrected chi connectivity index (χ3v) is 3.92. The molecule has 0 saturated carbocycles. The van der Waals surface area contributed by atoms with Crippen molar-refractivity contribution in [3.05, 3.63) is 53.0 Å². The third-order valence-electron chi connectivity index (χ3n) is 3.92. The van der Waals surface area contributed by atoms with Gasteiger partial charge in [-0.1, -0.05) is 19.1 Å². The number of methoxy groups -OCH3 is 1. The summed E-state index contributed by atoms with van der Waals surface area (Å²) in [5.41, 5.74) is 2.52. The van der Waals surface area contributed by atoms with E-state index in [1.807, 2.05) is 26.0 Å². The van der Waals surface area contributed by atoms with Gasteiger partial charge in [-0.05, 0) is 51.0 Å². The summed E-state index contributed by atoms with van der Waals surface area (Å²) in [5, 5.41) is 3.69. The van der Waals surface area contributed by atoms with Crippen LogP contribution in [0, 0.1) is 13.8 Å². The van der Waals surface area contributed by atoms with Crippen molar-refractivity contribution < 1.29 is 9.15 Å². The van der Waals surface area contributed by atoms with Crippen molar-refractivity contribution in [2.75, 3.05) is 7.11 Å². The summed E-state index contributed by atoms with van der Waals surface area (Å²) in [4.78, 5) is 0. The normalized spacial score (nSPS) is 14.0. The molecule has 3 heteroatoms. The van der Waals surface area contributed by atoms with Crippen LogP contribution in [0.3, 0.4) is 0 Å². The monoisotopic (exact) mass is 287 g/mol. The van der Waals surface area contributed by atoms with Gasteiger partial charge in [0.05, 0.1) is 7.11 Å². The largest absolute Gasteiger partial charge is 0.497 e. The lowest BCUT2D eigenvalue weighted by Crippen LogP contribution is -2.24. The maximum Gasteiger partial charge on any atom is 0.118 e. The minimum Gasteiger partial charge on any atom is -0.497 e. The summed E-state index contributed by atoms with van der Waals surface area (Å²) < 4.78 is 10.8. The minimum atomic E-state index is 0.259. The van der Waals surface area contributed by atoms with Crippen molar-refractivity contribution in [3.63, 3.8) is 0 Å². The number of aryl methyl sites for hydroxylation is 2. The Hall–Kier alpha value is -1.74. The highest BCUT2D eigenvalue weighted by atomic mass is 16.5. The van der Waals surface area contributed by atoms with E-state index in [4.69, 9.17) is 9.15 Å². The Balaban J connectivity index is 2.12. The quantitative estimate of drug-likeness (QED) is 0.835. The summed E-state index contributed by atoms with van der Waals surface area (Å²) in [6, 6.07) is 11.0. The maximum atomic E-state index is 5.63. The molecule has 0 aliphatic heterocycles. The molecule has 1 N–H and O–H groups in total. The van der Waals surface area contributed by atoms with Gasteiger partial charge in [0.15, 0.2) is 0 Å². The molecule has 1 heterocycles. The smallest absolute Gasteiger partial charge is 0.118 e. The molecule has 0 aliphatic carbocycles. The first kappa shape index (κ1) is 15.6. The number of benzene rings is 1. The van der Waals surface area contributed by atoms with Gasteiger partial charge in [0.1, 0.15) is 17.3 Å². The first-order valence-corrected chi connectivity index (χ1v) is 7.52. The maximum absolute atomic E-state index is 5.63. The molecule has 1 aromatic carbocycles. The van der Waals surface area contributed by atoms with Crippen LogP contribution in [0.4, 0.5) is 0 Å². The topological polar surface area (TPSA) is 34.4 Å². The fraction of sp³-hybridized carbons (Fsp3) is 0.444. The average Bonchev–Trinajstić information content (AvgIpc) is 2.83. The second-order valence-corrected chi connectivity index (χ2v) is 5.49. The minimum absolute atomic E-state index is 0.259. The van der Waals surface area contributed by atoms with Gasteiger partial charge < -0.3 is 14.5 Å². The van der Waals surface area contributed by atoms with Crippen LogP contribution in [0.5, 0.6) is 5.75 Å². The standard InChI is InChI=1S/C18H25NO2/c1-6-18(15-7-9-16(20-5)10-8-15)19-13(3)17-11-12(2)21-14(17)4/h7-11,13,18-19H,6H2,1-5H3. The van der Waals surface area contributed by atoms with Gasteiger partial charge in [0.25, 0.3) is 0 Å². The molecule has 2 rings (SSSR count). The predicted molar refractivity (Wildman–Crippen MR) is 85.8 cm³/mol. The van der Waals surface area contributed by atoms with E-state index in [-0.39, 0.29) is 6.04 Å². The molecule has 0 aliphatic rings. The molecule has 0 saturated heterocycles. The van der Waals surface area contributed by atoms with Gasteiger partial charge in [0.2, 0.25) is 0 Å². The second-order valence-electron chi connectivity index (χ2n) is 5.49. The molecule has 3 nitrogen and oxygen atoms in total. The van der Waals surface area contributed by atoms with Gasteiger partial charge in [-0.25, -0.2) is 0 Å². The van der Waals surface area contributed by atoms with Crippen molar-refractivity contribution in [1.29, 1.82) is 0 Å². The number of hydrogen-bond acceptors (Lipinski definition) is 3. The average molecular weight is 287 g/mol. The molecule has 114 valence electrons. The van der Waals surface area contributed by atoms with E-state index in [9.17, 15) is 0 Å².